The third-order valence-electron chi connectivity index (χ3n) is 4.90. The monoisotopic (exact) mass is 494 g/mol. The zero-order chi connectivity index (χ0) is 24.0. The molecule has 1 N–H and O–H groups in total. The Labute approximate surface area is 196 Å². The van der Waals surface area contributed by atoms with E-state index in [1.807, 2.05) is 0 Å². The van der Waals surface area contributed by atoms with Crippen LogP contribution in [0.3, 0.4) is 0 Å². The fourth-order valence-corrected chi connectivity index (χ4v) is 4.95. The molecular weight excluding hydrogens is 472 g/mol. The Hall–Kier alpha value is -2.79. The molecule has 0 unspecified atom stereocenters. The Morgan fingerprint density at radius 1 is 1.06 bits per heavy atom. The SMILES string of the molecule is CCC(=O)Nc1ccc(C(=O)COC(=O)c2ccc(Cl)c(S(=O)(=O)N3CCOCC3)c2)cc1. The number of carbonyl (C=O) groups is 3. The Morgan fingerprint density at radius 3 is 2.33 bits per heavy atom. The molecule has 0 bridgehead atoms. The second kappa shape index (κ2) is 10.9. The Kier molecular flexibility index (Phi) is 8.20. The maximum absolute atomic E-state index is 12.9. The molecule has 11 heteroatoms. The number of halogens is 1. The van der Waals surface area contributed by atoms with Crippen molar-refractivity contribution < 1.29 is 32.3 Å². The van der Waals surface area contributed by atoms with Crippen molar-refractivity contribution in [3.63, 3.8) is 0 Å². The molecule has 1 aliphatic heterocycles. The second-order valence-corrected chi connectivity index (χ2v) is 9.45. The van der Waals surface area contributed by atoms with Crippen LogP contribution in [0.25, 0.3) is 0 Å². The van der Waals surface area contributed by atoms with Crippen LogP contribution in [0, 0.1) is 0 Å². The van der Waals surface area contributed by atoms with Gasteiger partial charge in [0.2, 0.25) is 15.9 Å². The smallest absolute Gasteiger partial charge is 0.338 e. The molecule has 33 heavy (non-hydrogen) atoms. The highest BCUT2D eigenvalue weighted by Crippen LogP contribution is 2.27. The standard InChI is InChI=1S/C22H23ClN2O7S/c1-2-21(27)24-17-6-3-15(4-7-17)19(26)14-32-22(28)16-5-8-18(23)20(13-16)33(29,30)25-9-11-31-12-10-25/h3-8,13H,2,9-12,14H2,1H3,(H,24,27). The van der Waals surface area contributed by atoms with Gasteiger partial charge >= 0.3 is 5.97 Å². The lowest BCUT2D eigenvalue weighted by atomic mass is 10.1. The number of hydrogen-bond acceptors (Lipinski definition) is 7. The van der Waals surface area contributed by atoms with Crippen LogP contribution in [0.1, 0.15) is 34.1 Å². The number of nitrogens with zero attached hydrogens (tertiary/aromatic N) is 1. The Bertz CT molecular complexity index is 1140. The van der Waals surface area contributed by atoms with E-state index in [2.05, 4.69) is 5.32 Å². The van der Waals surface area contributed by atoms with Gasteiger partial charge in [-0.25, -0.2) is 13.2 Å². The molecular formula is C22H23ClN2O7S. The average molecular weight is 495 g/mol. The van der Waals surface area contributed by atoms with Crippen LogP contribution in [0.2, 0.25) is 5.02 Å². The van der Waals surface area contributed by atoms with E-state index in [1.54, 1.807) is 19.1 Å². The maximum Gasteiger partial charge on any atom is 0.338 e. The van der Waals surface area contributed by atoms with Crippen LogP contribution in [0.4, 0.5) is 5.69 Å². The molecule has 0 saturated carbocycles. The number of ether oxygens (including phenoxy) is 2. The van der Waals surface area contributed by atoms with Gasteiger partial charge in [-0.05, 0) is 42.5 Å². The highest BCUT2D eigenvalue weighted by molar-refractivity contribution is 7.89. The van der Waals surface area contributed by atoms with Gasteiger partial charge in [-0.3, -0.25) is 9.59 Å². The molecule has 0 radical (unpaired) electrons. The summed E-state index contributed by atoms with van der Waals surface area (Å²) in [5.41, 5.74) is 0.797. The van der Waals surface area contributed by atoms with Gasteiger partial charge in [0.25, 0.3) is 0 Å². The predicted octanol–water partition coefficient (Wildman–Crippen LogP) is 2.75. The minimum Gasteiger partial charge on any atom is -0.454 e. The minimum absolute atomic E-state index is 0.0237. The van der Waals surface area contributed by atoms with Crippen molar-refractivity contribution in [1.29, 1.82) is 0 Å². The van der Waals surface area contributed by atoms with Crippen molar-refractivity contribution >= 4 is 45.0 Å². The van der Waals surface area contributed by atoms with Gasteiger partial charge in [0.05, 0.1) is 23.8 Å². The maximum atomic E-state index is 12.9. The van der Waals surface area contributed by atoms with Crippen molar-refractivity contribution in [3.8, 4) is 0 Å². The number of morpholine rings is 1. The van der Waals surface area contributed by atoms with E-state index in [1.165, 1.54) is 28.6 Å². The van der Waals surface area contributed by atoms with E-state index in [4.69, 9.17) is 21.1 Å². The first-order valence-electron chi connectivity index (χ1n) is 10.2. The van der Waals surface area contributed by atoms with Gasteiger partial charge in [-0.15, -0.1) is 0 Å². The fourth-order valence-electron chi connectivity index (χ4n) is 3.04. The molecule has 1 heterocycles. The number of benzene rings is 2. The molecule has 2 aromatic carbocycles. The summed E-state index contributed by atoms with van der Waals surface area (Å²) < 4.78 is 37.3. The first-order valence-corrected chi connectivity index (χ1v) is 12.0. The summed E-state index contributed by atoms with van der Waals surface area (Å²) >= 11 is 6.10. The van der Waals surface area contributed by atoms with Gasteiger partial charge in [0.15, 0.2) is 12.4 Å². The number of hydrogen-bond donors (Lipinski definition) is 1. The summed E-state index contributed by atoms with van der Waals surface area (Å²) in [6.45, 7) is 2.10. The van der Waals surface area contributed by atoms with Gasteiger partial charge in [-0.1, -0.05) is 18.5 Å². The van der Waals surface area contributed by atoms with E-state index in [9.17, 15) is 22.8 Å². The van der Waals surface area contributed by atoms with E-state index in [0.717, 1.165) is 6.07 Å². The lowest BCUT2D eigenvalue weighted by Gasteiger charge is -2.26. The van der Waals surface area contributed by atoms with Gasteiger partial charge in [0.1, 0.15) is 4.90 Å². The van der Waals surface area contributed by atoms with Crippen LogP contribution in [-0.2, 0) is 24.3 Å². The number of amides is 1. The zero-order valence-corrected chi connectivity index (χ0v) is 19.4. The number of esters is 1. The number of Topliss-reactive ketones (excluding diaryl/α,β-unsaturated/α-hetero) is 1. The zero-order valence-electron chi connectivity index (χ0n) is 17.9. The molecule has 1 saturated heterocycles. The quantitative estimate of drug-likeness (QED) is 0.442. The van der Waals surface area contributed by atoms with E-state index in [-0.39, 0.29) is 47.7 Å². The Morgan fingerprint density at radius 2 is 1.70 bits per heavy atom. The van der Waals surface area contributed by atoms with Crippen LogP contribution < -0.4 is 5.32 Å². The highest BCUT2D eigenvalue weighted by atomic mass is 35.5. The number of sulfonamides is 1. The number of anilines is 1. The van der Waals surface area contributed by atoms with Crippen LogP contribution >= 0.6 is 11.6 Å². The van der Waals surface area contributed by atoms with Crippen molar-refractivity contribution in [2.24, 2.45) is 0 Å². The van der Waals surface area contributed by atoms with Gasteiger partial charge in [-0.2, -0.15) is 4.31 Å². The summed E-state index contributed by atoms with van der Waals surface area (Å²) in [7, 11) is -3.92. The minimum atomic E-state index is -3.92. The molecule has 176 valence electrons. The third-order valence-corrected chi connectivity index (χ3v) is 7.28. The lowest BCUT2D eigenvalue weighted by Crippen LogP contribution is -2.40. The Balaban J connectivity index is 1.66. The molecule has 2 aromatic rings. The number of nitrogens with one attached hydrogen (secondary N) is 1. The average Bonchev–Trinajstić information content (AvgIpc) is 2.83. The predicted molar refractivity (Wildman–Crippen MR) is 121 cm³/mol. The summed E-state index contributed by atoms with van der Waals surface area (Å²) in [5, 5.41) is 2.65. The van der Waals surface area contributed by atoms with Crippen LogP contribution in [-0.4, -0.2) is 63.3 Å². The van der Waals surface area contributed by atoms with Crippen LogP contribution in [0.15, 0.2) is 47.4 Å². The van der Waals surface area contributed by atoms with E-state index in [0.29, 0.717) is 17.7 Å². The molecule has 9 nitrogen and oxygen atoms in total. The van der Waals surface area contributed by atoms with Crippen LogP contribution in [0.5, 0.6) is 0 Å². The molecule has 3 rings (SSSR count). The molecule has 1 aliphatic rings. The summed E-state index contributed by atoms with van der Waals surface area (Å²) in [4.78, 5) is 36.0. The molecule has 0 spiro atoms. The summed E-state index contributed by atoms with van der Waals surface area (Å²) in [6.07, 6.45) is 0.330. The van der Waals surface area contributed by atoms with Crippen molar-refractivity contribution in [3.05, 3.63) is 58.6 Å². The number of ketones is 1. The second-order valence-electron chi connectivity index (χ2n) is 7.14. The first-order chi connectivity index (χ1) is 15.7. The lowest BCUT2D eigenvalue weighted by molar-refractivity contribution is -0.115. The molecule has 0 aliphatic carbocycles. The van der Waals surface area contributed by atoms with E-state index < -0.39 is 28.4 Å². The first kappa shape index (κ1) is 24.8. The largest absolute Gasteiger partial charge is 0.454 e. The van der Waals surface area contributed by atoms with Gasteiger partial charge < -0.3 is 14.8 Å². The summed E-state index contributed by atoms with van der Waals surface area (Å²) in [5.74, 6) is -1.46. The topological polar surface area (TPSA) is 119 Å². The van der Waals surface area contributed by atoms with Gasteiger partial charge in [0, 0.05) is 30.8 Å². The molecule has 0 atom stereocenters. The van der Waals surface area contributed by atoms with Crippen molar-refractivity contribution in [1.82, 2.24) is 4.31 Å². The molecule has 1 fully saturated rings. The third kappa shape index (κ3) is 6.17. The normalized spacial score (nSPS) is 14.5. The number of rotatable bonds is 8. The fraction of sp³-hybridized carbons (Fsp3) is 0.318. The van der Waals surface area contributed by atoms with Crippen molar-refractivity contribution in [2.75, 3.05) is 38.2 Å². The van der Waals surface area contributed by atoms with Crippen molar-refractivity contribution in [2.45, 2.75) is 18.2 Å². The highest BCUT2D eigenvalue weighted by Gasteiger charge is 2.29. The molecule has 1 amide bonds. The molecule has 0 aromatic heterocycles. The van der Waals surface area contributed by atoms with E-state index >= 15 is 0 Å². The summed E-state index contributed by atoms with van der Waals surface area (Å²) in [6, 6.07) is 9.95. The number of carbonyl (C=O) groups excluding carboxylic acids is 3.